The van der Waals surface area contributed by atoms with Crippen molar-refractivity contribution in [1.29, 1.82) is 0 Å². The van der Waals surface area contributed by atoms with Gasteiger partial charge in [0.15, 0.2) is 5.76 Å². The minimum Gasteiger partial charge on any atom is -0.495 e. The molecule has 0 aromatic heterocycles. The second-order valence-electron chi connectivity index (χ2n) is 4.20. The summed E-state index contributed by atoms with van der Waals surface area (Å²) >= 11 is 0. The molecule has 3 nitrogen and oxygen atoms in total. The summed E-state index contributed by atoms with van der Waals surface area (Å²) in [6.45, 7) is 8.16. The Morgan fingerprint density at radius 2 is 1.71 bits per heavy atom. The van der Waals surface area contributed by atoms with Gasteiger partial charge in [0.25, 0.3) is 0 Å². The molecule has 1 aliphatic rings. The highest BCUT2D eigenvalue weighted by Gasteiger charge is 2.23. The number of hydrogen-bond acceptors (Lipinski definition) is 3. The van der Waals surface area contributed by atoms with Gasteiger partial charge in [0, 0.05) is 13.0 Å². The van der Waals surface area contributed by atoms with E-state index in [-0.39, 0.29) is 6.10 Å². The van der Waals surface area contributed by atoms with E-state index >= 15 is 0 Å². The predicted octanol–water partition coefficient (Wildman–Crippen LogP) is 3.64. The molecule has 0 bridgehead atoms. The zero-order chi connectivity index (χ0) is 12.5. The highest BCUT2D eigenvalue weighted by Crippen LogP contribution is 2.27. The lowest BCUT2D eigenvalue weighted by Crippen LogP contribution is -2.22. The number of rotatable bonds is 6. The van der Waals surface area contributed by atoms with E-state index in [9.17, 15) is 0 Å². The second-order valence-corrected chi connectivity index (χ2v) is 4.20. The van der Waals surface area contributed by atoms with Gasteiger partial charge >= 0.3 is 0 Å². The molecule has 0 saturated carbocycles. The van der Waals surface area contributed by atoms with Crippen LogP contribution in [0.25, 0.3) is 0 Å². The maximum atomic E-state index is 5.80. The van der Waals surface area contributed by atoms with Crippen molar-refractivity contribution in [2.75, 3.05) is 19.8 Å². The average molecular weight is 242 g/mol. The van der Waals surface area contributed by atoms with Gasteiger partial charge in [-0.1, -0.05) is 12.8 Å². The van der Waals surface area contributed by atoms with Gasteiger partial charge in [-0.05, 0) is 33.6 Å². The largest absolute Gasteiger partial charge is 0.495 e. The third kappa shape index (κ3) is 4.58. The smallest absolute Gasteiger partial charge is 0.162 e. The summed E-state index contributed by atoms with van der Waals surface area (Å²) in [5.74, 6) is 1.95. The van der Waals surface area contributed by atoms with E-state index in [2.05, 4.69) is 0 Å². The lowest BCUT2D eigenvalue weighted by molar-refractivity contribution is 0.0176. The molecule has 3 heteroatoms. The van der Waals surface area contributed by atoms with E-state index in [1.807, 2.05) is 20.8 Å². The van der Waals surface area contributed by atoms with Crippen molar-refractivity contribution in [2.45, 2.75) is 59.0 Å². The van der Waals surface area contributed by atoms with Crippen LogP contribution in [0.3, 0.4) is 0 Å². The topological polar surface area (TPSA) is 27.7 Å². The number of ether oxygens (including phenoxy) is 3. The molecule has 0 aromatic rings. The van der Waals surface area contributed by atoms with Crippen LogP contribution >= 0.6 is 0 Å². The van der Waals surface area contributed by atoms with E-state index < -0.39 is 0 Å². The van der Waals surface area contributed by atoms with Crippen LogP contribution in [0.15, 0.2) is 11.5 Å². The zero-order valence-electron chi connectivity index (χ0n) is 11.5. The Hall–Kier alpha value is -0.700. The van der Waals surface area contributed by atoms with Gasteiger partial charge in [-0.3, -0.25) is 0 Å². The average Bonchev–Trinajstić information content (AvgIpc) is 2.31. The molecule has 17 heavy (non-hydrogen) atoms. The van der Waals surface area contributed by atoms with Crippen LogP contribution in [0.2, 0.25) is 0 Å². The molecule has 0 N–H and O–H groups in total. The molecule has 0 fully saturated rings. The summed E-state index contributed by atoms with van der Waals surface area (Å²) in [7, 11) is 0. The quantitative estimate of drug-likeness (QED) is 0.711. The zero-order valence-corrected chi connectivity index (χ0v) is 11.5. The molecule has 0 saturated heterocycles. The van der Waals surface area contributed by atoms with Gasteiger partial charge in [-0.15, -0.1) is 0 Å². The Labute approximate surface area is 105 Å². The molecule has 0 heterocycles. The van der Waals surface area contributed by atoms with E-state index in [0.29, 0.717) is 13.2 Å². The fourth-order valence-electron chi connectivity index (χ4n) is 2.23. The Kier molecular flexibility index (Phi) is 7.10. The molecule has 0 amide bonds. The van der Waals surface area contributed by atoms with Gasteiger partial charge in [-0.2, -0.15) is 0 Å². The molecule has 100 valence electrons. The monoisotopic (exact) mass is 242 g/mol. The summed E-state index contributed by atoms with van der Waals surface area (Å²) < 4.78 is 17.3. The van der Waals surface area contributed by atoms with E-state index in [4.69, 9.17) is 14.2 Å². The summed E-state index contributed by atoms with van der Waals surface area (Å²) in [4.78, 5) is 0. The van der Waals surface area contributed by atoms with Gasteiger partial charge in [0.2, 0.25) is 0 Å². The first kappa shape index (κ1) is 14.4. The van der Waals surface area contributed by atoms with E-state index in [0.717, 1.165) is 31.0 Å². The Morgan fingerprint density at radius 3 is 2.35 bits per heavy atom. The third-order valence-corrected chi connectivity index (χ3v) is 2.92. The van der Waals surface area contributed by atoms with Crippen molar-refractivity contribution in [1.82, 2.24) is 0 Å². The fourth-order valence-corrected chi connectivity index (χ4v) is 2.23. The van der Waals surface area contributed by atoms with E-state index in [1.54, 1.807) is 0 Å². The Morgan fingerprint density at radius 1 is 0.941 bits per heavy atom. The fraction of sp³-hybridized carbons (Fsp3) is 0.857. The minimum atomic E-state index is 0.0850. The molecule has 1 unspecified atom stereocenters. The van der Waals surface area contributed by atoms with Crippen molar-refractivity contribution in [2.24, 2.45) is 0 Å². The summed E-state index contributed by atoms with van der Waals surface area (Å²) in [5, 5.41) is 0. The second kappa shape index (κ2) is 8.40. The lowest BCUT2D eigenvalue weighted by atomic mass is 10.0. The van der Waals surface area contributed by atoms with Gasteiger partial charge in [0.05, 0.1) is 13.2 Å². The van der Waals surface area contributed by atoms with Crippen molar-refractivity contribution in [3.05, 3.63) is 11.5 Å². The van der Waals surface area contributed by atoms with Crippen LogP contribution < -0.4 is 0 Å². The van der Waals surface area contributed by atoms with Gasteiger partial charge in [0.1, 0.15) is 11.9 Å². The molecule has 1 atom stereocenters. The highest BCUT2D eigenvalue weighted by atomic mass is 16.5. The van der Waals surface area contributed by atoms with Crippen LogP contribution in [0.1, 0.15) is 52.9 Å². The van der Waals surface area contributed by atoms with Crippen LogP contribution in [-0.2, 0) is 14.2 Å². The standard InChI is InChI=1S/C14H26O3/c1-4-15-12-10-8-7-9-11-13(16-5-2)14(12)17-6-3/h12H,4-11H2,1-3H3/b14-13-. The first-order chi connectivity index (χ1) is 8.33. The summed E-state index contributed by atoms with van der Waals surface area (Å²) in [5.41, 5.74) is 0. The van der Waals surface area contributed by atoms with Crippen LogP contribution in [0.5, 0.6) is 0 Å². The predicted molar refractivity (Wildman–Crippen MR) is 68.8 cm³/mol. The van der Waals surface area contributed by atoms with Crippen LogP contribution in [0, 0.1) is 0 Å². The molecule has 0 spiro atoms. The summed E-state index contributed by atoms with van der Waals surface area (Å²) in [6, 6.07) is 0. The Bertz CT molecular complexity index is 236. The highest BCUT2D eigenvalue weighted by molar-refractivity contribution is 5.08. The first-order valence-corrected chi connectivity index (χ1v) is 6.93. The Balaban J connectivity index is 2.87. The molecular weight excluding hydrogens is 216 g/mol. The maximum absolute atomic E-state index is 5.80. The van der Waals surface area contributed by atoms with Crippen molar-refractivity contribution in [3.63, 3.8) is 0 Å². The first-order valence-electron chi connectivity index (χ1n) is 6.93. The lowest BCUT2D eigenvalue weighted by Gasteiger charge is -2.25. The number of allylic oxidation sites excluding steroid dienone is 1. The van der Waals surface area contributed by atoms with Gasteiger partial charge < -0.3 is 14.2 Å². The molecule has 0 aliphatic heterocycles. The molecule has 0 aromatic carbocycles. The molecule has 0 radical (unpaired) electrons. The van der Waals surface area contributed by atoms with Crippen molar-refractivity contribution in [3.8, 4) is 0 Å². The number of hydrogen-bond donors (Lipinski definition) is 0. The summed E-state index contributed by atoms with van der Waals surface area (Å²) in [6.07, 6.45) is 5.75. The molecule has 1 rings (SSSR count). The SMILES string of the molecule is CCO/C1=C(\OCC)C(OCC)CCCCC1. The van der Waals surface area contributed by atoms with E-state index in [1.165, 1.54) is 19.3 Å². The normalized spacial score (nSPS) is 26.2. The van der Waals surface area contributed by atoms with Crippen LogP contribution in [0.4, 0.5) is 0 Å². The minimum absolute atomic E-state index is 0.0850. The van der Waals surface area contributed by atoms with Crippen molar-refractivity contribution < 1.29 is 14.2 Å². The third-order valence-electron chi connectivity index (χ3n) is 2.92. The molecule has 1 aliphatic carbocycles. The van der Waals surface area contributed by atoms with Crippen molar-refractivity contribution >= 4 is 0 Å². The maximum Gasteiger partial charge on any atom is 0.162 e. The van der Waals surface area contributed by atoms with Gasteiger partial charge in [-0.25, -0.2) is 0 Å². The molecular formula is C14H26O3. The van der Waals surface area contributed by atoms with Crippen LogP contribution in [-0.4, -0.2) is 25.9 Å².